The summed E-state index contributed by atoms with van der Waals surface area (Å²) >= 11 is 0. The van der Waals surface area contributed by atoms with Crippen molar-refractivity contribution in [1.82, 2.24) is 10.2 Å². The Bertz CT molecular complexity index is 602. The molecule has 4 rings (SSSR count). The Morgan fingerprint density at radius 3 is 2.71 bits per heavy atom. The molecule has 0 spiro atoms. The summed E-state index contributed by atoms with van der Waals surface area (Å²) in [5.74, 6) is 1.29. The summed E-state index contributed by atoms with van der Waals surface area (Å²) in [7, 11) is 0. The Morgan fingerprint density at radius 1 is 1.21 bits per heavy atom. The number of carbonyl (C=O) groups excluding carboxylic acids is 1. The lowest BCUT2D eigenvalue weighted by molar-refractivity contribution is -0.138. The molecule has 1 aromatic carbocycles. The normalized spacial score (nSPS) is 27.8. The topological polar surface area (TPSA) is 32.3 Å². The van der Waals surface area contributed by atoms with Crippen LogP contribution in [0.2, 0.25) is 0 Å². The van der Waals surface area contributed by atoms with E-state index in [1.54, 1.807) is 0 Å². The molecule has 0 radical (unpaired) electrons. The van der Waals surface area contributed by atoms with Crippen molar-refractivity contribution in [1.29, 1.82) is 0 Å². The SMILES string of the molecule is CC1(C(=O)N2CCC(NCC3CC3)CC2)CCCc2ccccc21. The summed E-state index contributed by atoms with van der Waals surface area (Å²) in [6.07, 6.45) is 8.25. The fourth-order valence-electron chi connectivity index (χ4n) is 4.56. The zero-order valence-corrected chi connectivity index (χ0v) is 14.9. The van der Waals surface area contributed by atoms with Crippen molar-refractivity contribution >= 4 is 5.91 Å². The molecule has 3 heteroatoms. The Hall–Kier alpha value is -1.35. The van der Waals surface area contributed by atoms with Gasteiger partial charge in [0, 0.05) is 19.1 Å². The fraction of sp³-hybridized carbons (Fsp3) is 0.667. The van der Waals surface area contributed by atoms with Crippen LogP contribution in [-0.2, 0) is 16.6 Å². The van der Waals surface area contributed by atoms with Crippen molar-refractivity contribution in [2.75, 3.05) is 19.6 Å². The molecule has 1 unspecified atom stereocenters. The van der Waals surface area contributed by atoms with Crippen molar-refractivity contribution in [2.24, 2.45) is 5.92 Å². The molecular formula is C21H30N2O. The van der Waals surface area contributed by atoms with Crippen molar-refractivity contribution in [3.8, 4) is 0 Å². The lowest BCUT2D eigenvalue weighted by atomic mass is 9.70. The largest absolute Gasteiger partial charge is 0.342 e. The predicted molar refractivity (Wildman–Crippen MR) is 97.1 cm³/mol. The van der Waals surface area contributed by atoms with Gasteiger partial charge >= 0.3 is 0 Å². The van der Waals surface area contributed by atoms with Gasteiger partial charge in [0.05, 0.1) is 5.41 Å². The fourth-order valence-corrected chi connectivity index (χ4v) is 4.56. The van der Waals surface area contributed by atoms with Crippen molar-refractivity contribution in [2.45, 2.75) is 63.3 Å². The summed E-state index contributed by atoms with van der Waals surface area (Å²) in [6, 6.07) is 9.18. The second kappa shape index (κ2) is 6.51. The second-order valence-electron chi connectivity index (χ2n) is 8.26. The van der Waals surface area contributed by atoms with E-state index in [2.05, 4.69) is 41.4 Å². The summed E-state index contributed by atoms with van der Waals surface area (Å²) in [6.45, 7) is 5.19. The highest BCUT2D eigenvalue weighted by atomic mass is 16.2. The standard InChI is InChI=1S/C21H30N2O/c1-21(12-4-6-17-5-2-3-7-19(17)21)20(24)23-13-10-18(11-14-23)22-15-16-8-9-16/h2-3,5,7,16,18,22H,4,6,8-15H2,1H3. The smallest absolute Gasteiger partial charge is 0.232 e. The van der Waals surface area contributed by atoms with Gasteiger partial charge in [0.15, 0.2) is 0 Å². The molecule has 3 nitrogen and oxygen atoms in total. The quantitative estimate of drug-likeness (QED) is 0.921. The number of likely N-dealkylation sites (tertiary alicyclic amines) is 1. The summed E-state index contributed by atoms with van der Waals surface area (Å²) in [5.41, 5.74) is 2.33. The minimum absolute atomic E-state index is 0.316. The number of aryl methyl sites for hydroxylation is 1. The first-order valence-corrected chi connectivity index (χ1v) is 9.78. The van der Waals surface area contributed by atoms with Gasteiger partial charge in [0.2, 0.25) is 5.91 Å². The number of hydrogen-bond donors (Lipinski definition) is 1. The number of piperidine rings is 1. The molecule has 0 bridgehead atoms. The Morgan fingerprint density at radius 2 is 1.96 bits per heavy atom. The molecule has 24 heavy (non-hydrogen) atoms. The Labute approximate surface area is 145 Å². The van der Waals surface area contributed by atoms with Crippen molar-refractivity contribution in [3.05, 3.63) is 35.4 Å². The van der Waals surface area contributed by atoms with E-state index in [0.717, 1.165) is 51.1 Å². The van der Waals surface area contributed by atoms with Gasteiger partial charge in [-0.1, -0.05) is 24.3 Å². The molecule has 0 aromatic heterocycles. The molecule has 1 saturated carbocycles. The van der Waals surface area contributed by atoms with E-state index in [0.29, 0.717) is 11.9 Å². The highest BCUT2D eigenvalue weighted by Crippen LogP contribution is 2.39. The van der Waals surface area contributed by atoms with Crippen molar-refractivity contribution < 1.29 is 4.79 Å². The van der Waals surface area contributed by atoms with Gasteiger partial charge in [-0.2, -0.15) is 0 Å². The average molecular weight is 326 g/mol. The van der Waals surface area contributed by atoms with Gasteiger partial charge in [-0.25, -0.2) is 0 Å². The summed E-state index contributed by atoms with van der Waals surface area (Å²) in [4.78, 5) is 15.5. The number of benzene rings is 1. The van der Waals surface area contributed by atoms with Crippen LogP contribution < -0.4 is 5.32 Å². The first-order chi connectivity index (χ1) is 11.7. The van der Waals surface area contributed by atoms with Crippen LogP contribution in [0.3, 0.4) is 0 Å². The maximum Gasteiger partial charge on any atom is 0.232 e. The molecule has 1 N–H and O–H groups in total. The van der Waals surface area contributed by atoms with Gasteiger partial charge in [-0.15, -0.1) is 0 Å². The van der Waals surface area contributed by atoms with Crippen LogP contribution in [0.15, 0.2) is 24.3 Å². The Balaban J connectivity index is 1.41. The van der Waals surface area contributed by atoms with E-state index < -0.39 is 0 Å². The number of nitrogens with zero attached hydrogens (tertiary/aromatic N) is 1. The van der Waals surface area contributed by atoms with E-state index in [9.17, 15) is 4.79 Å². The molecule has 2 fully saturated rings. The van der Waals surface area contributed by atoms with Gasteiger partial charge in [0.1, 0.15) is 0 Å². The third kappa shape index (κ3) is 3.11. The van der Waals surface area contributed by atoms with Crippen LogP contribution >= 0.6 is 0 Å². The van der Waals surface area contributed by atoms with Crippen LogP contribution in [0.5, 0.6) is 0 Å². The first kappa shape index (κ1) is 16.1. The third-order valence-corrected chi connectivity index (χ3v) is 6.38. The number of nitrogens with one attached hydrogen (secondary N) is 1. The van der Waals surface area contributed by atoms with E-state index in [1.165, 1.54) is 30.5 Å². The number of amides is 1. The monoisotopic (exact) mass is 326 g/mol. The number of hydrogen-bond acceptors (Lipinski definition) is 2. The van der Waals surface area contributed by atoms with E-state index >= 15 is 0 Å². The number of fused-ring (bicyclic) bond motifs is 1. The number of carbonyl (C=O) groups is 1. The molecule has 1 saturated heterocycles. The van der Waals surface area contributed by atoms with Crippen LogP contribution in [-0.4, -0.2) is 36.5 Å². The maximum atomic E-state index is 13.3. The zero-order chi connectivity index (χ0) is 16.6. The molecule has 1 aliphatic heterocycles. The van der Waals surface area contributed by atoms with Crippen LogP contribution in [0.25, 0.3) is 0 Å². The molecule has 1 aromatic rings. The third-order valence-electron chi connectivity index (χ3n) is 6.38. The van der Waals surface area contributed by atoms with E-state index in [1.807, 2.05) is 0 Å². The van der Waals surface area contributed by atoms with Crippen LogP contribution in [0.1, 0.15) is 56.6 Å². The summed E-state index contributed by atoms with van der Waals surface area (Å²) in [5, 5.41) is 3.71. The minimum Gasteiger partial charge on any atom is -0.342 e. The number of rotatable bonds is 4. The lowest BCUT2D eigenvalue weighted by Gasteiger charge is -2.41. The Kier molecular flexibility index (Phi) is 4.38. The van der Waals surface area contributed by atoms with Gasteiger partial charge in [-0.3, -0.25) is 4.79 Å². The highest BCUT2D eigenvalue weighted by molar-refractivity contribution is 5.88. The predicted octanol–water partition coefficient (Wildman–Crippen LogP) is 3.27. The molecule has 3 aliphatic rings. The van der Waals surface area contributed by atoms with Crippen molar-refractivity contribution in [3.63, 3.8) is 0 Å². The summed E-state index contributed by atoms with van der Waals surface area (Å²) < 4.78 is 0. The highest BCUT2D eigenvalue weighted by Gasteiger charge is 2.42. The van der Waals surface area contributed by atoms with Crippen LogP contribution in [0, 0.1) is 5.92 Å². The average Bonchev–Trinajstić information content (AvgIpc) is 3.45. The molecule has 2 aliphatic carbocycles. The minimum atomic E-state index is -0.316. The first-order valence-electron chi connectivity index (χ1n) is 9.78. The maximum absolute atomic E-state index is 13.3. The van der Waals surface area contributed by atoms with Gasteiger partial charge < -0.3 is 10.2 Å². The molecule has 1 heterocycles. The molecule has 1 amide bonds. The van der Waals surface area contributed by atoms with Gasteiger partial charge in [0.25, 0.3) is 0 Å². The molecule has 130 valence electrons. The van der Waals surface area contributed by atoms with E-state index in [4.69, 9.17) is 0 Å². The lowest BCUT2D eigenvalue weighted by Crippen LogP contribution is -2.52. The zero-order valence-electron chi connectivity index (χ0n) is 14.9. The second-order valence-corrected chi connectivity index (χ2v) is 8.26. The van der Waals surface area contributed by atoms with E-state index in [-0.39, 0.29) is 5.41 Å². The molecule has 1 atom stereocenters. The molecular weight excluding hydrogens is 296 g/mol. The van der Waals surface area contributed by atoms with Gasteiger partial charge in [-0.05, 0) is 75.5 Å². The van der Waals surface area contributed by atoms with Crippen LogP contribution in [0.4, 0.5) is 0 Å².